The summed E-state index contributed by atoms with van der Waals surface area (Å²) in [5.74, 6) is -0.0854. The standard InChI is InChI=1S/C16H21ClO2/c1-2-12-4-3-9-16(10-12,15(18)19)11-13-5-7-14(17)8-6-13/h5-8,12H,2-4,9-11H2,1H3,(H,18,19). The number of carboxylic acid groups (broad SMARTS) is 1. The first-order chi connectivity index (χ1) is 9.05. The van der Waals surface area contributed by atoms with Crippen LogP contribution in [0.25, 0.3) is 0 Å². The van der Waals surface area contributed by atoms with Gasteiger partial charge in [0.25, 0.3) is 0 Å². The summed E-state index contributed by atoms with van der Waals surface area (Å²) >= 11 is 5.88. The zero-order valence-electron chi connectivity index (χ0n) is 11.4. The maximum absolute atomic E-state index is 11.8. The van der Waals surface area contributed by atoms with Crippen molar-refractivity contribution in [1.29, 1.82) is 0 Å². The molecular formula is C16H21ClO2. The van der Waals surface area contributed by atoms with E-state index in [9.17, 15) is 9.90 Å². The first-order valence-corrected chi connectivity index (χ1v) is 7.41. The number of aliphatic carboxylic acids is 1. The quantitative estimate of drug-likeness (QED) is 0.878. The van der Waals surface area contributed by atoms with Crippen LogP contribution in [0.1, 0.15) is 44.6 Å². The number of hydrogen-bond donors (Lipinski definition) is 1. The molecule has 0 aliphatic heterocycles. The third-order valence-corrected chi connectivity index (χ3v) is 4.69. The molecule has 104 valence electrons. The summed E-state index contributed by atoms with van der Waals surface area (Å²) in [5, 5.41) is 10.4. The Hall–Kier alpha value is -1.02. The Morgan fingerprint density at radius 3 is 2.68 bits per heavy atom. The highest BCUT2D eigenvalue weighted by molar-refractivity contribution is 6.30. The third kappa shape index (κ3) is 3.30. The minimum atomic E-state index is -0.638. The Bertz CT molecular complexity index is 441. The molecule has 1 aliphatic carbocycles. The van der Waals surface area contributed by atoms with Crippen LogP contribution in [0.3, 0.4) is 0 Å². The van der Waals surface area contributed by atoms with Crippen molar-refractivity contribution in [3.8, 4) is 0 Å². The molecule has 1 aromatic rings. The molecule has 2 rings (SSSR count). The van der Waals surface area contributed by atoms with Crippen LogP contribution >= 0.6 is 11.6 Å². The van der Waals surface area contributed by atoms with Crippen molar-refractivity contribution in [2.75, 3.05) is 0 Å². The molecule has 0 amide bonds. The van der Waals surface area contributed by atoms with Gasteiger partial charge in [-0.2, -0.15) is 0 Å². The summed E-state index contributed by atoms with van der Waals surface area (Å²) in [5.41, 5.74) is 0.496. The Balaban J connectivity index is 2.19. The average Bonchev–Trinajstić information content (AvgIpc) is 2.41. The maximum Gasteiger partial charge on any atom is 0.309 e. The highest BCUT2D eigenvalue weighted by atomic mass is 35.5. The number of benzene rings is 1. The van der Waals surface area contributed by atoms with Crippen LogP contribution in [-0.2, 0) is 11.2 Å². The Morgan fingerprint density at radius 1 is 1.42 bits per heavy atom. The van der Waals surface area contributed by atoms with Gasteiger partial charge in [-0.25, -0.2) is 0 Å². The van der Waals surface area contributed by atoms with Crippen LogP contribution in [0.2, 0.25) is 5.02 Å². The normalized spacial score (nSPS) is 27.2. The summed E-state index contributed by atoms with van der Waals surface area (Å²) in [4.78, 5) is 11.8. The second kappa shape index (κ2) is 5.96. The zero-order chi connectivity index (χ0) is 13.9. The van der Waals surface area contributed by atoms with Crippen molar-refractivity contribution in [2.24, 2.45) is 11.3 Å². The van der Waals surface area contributed by atoms with E-state index in [1.165, 1.54) is 6.42 Å². The van der Waals surface area contributed by atoms with E-state index < -0.39 is 11.4 Å². The molecule has 19 heavy (non-hydrogen) atoms. The van der Waals surface area contributed by atoms with E-state index in [0.29, 0.717) is 17.4 Å². The van der Waals surface area contributed by atoms with Crippen molar-refractivity contribution in [3.63, 3.8) is 0 Å². The lowest BCUT2D eigenvalue weighted by Gasteiger charge is -2.37. The molecule has 1 N–H and O–H groups in total. The number of halogens is 1. The first-order valence-electron chi connectivity index (χ1n) is 7.03. The molecule has 0 heterocycles. The zero-order valence-corrected chi connectivity index (χ0v) is 12.1. The van der Waals surface area contributed by atoms with Gasteiger partial charge in [0.15, 0.2) is 0 Å². The van der Waals surface area contributed by atoms with E-state index in [1.807, 2.05) is 24.3 Å². The van der Waals surface area contributed by atoms with Crippen molar-refractivity contribution < 1.29 is 9.90 Å². The van der Waals surface area contributed by atoms with Crippen LogP contribution in [0, 0.1) is 11.3 Å². The molecule has 0 aromatic heterocycles. The van der Waals surface area contributed by atoms with Crippen molar-refractivity contribution >= 4 is 17.6 Å². The van der Waals surface area contributed by atoms with Gasteiger partial charge >= 0.3 is 5.97 Å². The molecule has 0 spiro atoms. The SMILES string of the molecule is CCC1CCCC(Cc2ccc(Cl)cc2)(C(=O)O)C1. The topological polar surface area (TPSA) is 37.3 Å². The first kappa shape index (κ1) is 14.4. The molecule has 1 fully saturated rings. The Kier molecular flexibility index (Phi) is 4.51. The minimum Gasteiger partial charge on any atom is -0.481 e. The molecule has 2 nitrogen and oxygen atoms in total. The van der Waals surface area contributed by atoms with E-state index >= 15 is 0 Å². The lowest BCUT2D eigenvalue weighted by molar-refractivity contribution is -0.152. The van der Waals surface area contributed by atoms with E-state index in [0.717, 1.165) is 31.2 Å². The average molecular weight is 281 g/mol. The second-order valence-electron chi connectivity index (χ2n) is 5.76. The predicted molar refractivity (Wildman–Crippen MR) is 77.5 cm³/mol. The van der Waals surface area contributed by atoms with Crippen LogP contribution in [0.15, 0.2) is 24.3 Å². The minimum absolute atomic E-state index is 0.553. The van der Waals surface area contributed by atoms with Crippen molar-refractivity contribution in [1.82, 2.24) is 0 Å². The van der Waals surface area contributed by atoms with Crippen LogP contribution in [-0.4, -0.2) is 11.1 Å². The van der Waals surface area contributed by atoms with Gasteiger partial charge in [0.2, 0.25) is 0 Å². The smallest absolute Gasteiger partial charge is 0.309 e. The van der Waals surface area contributed by atoms with Crippen LogP contribution in [0.5, 0.6) is 0 Å². The second-order valence-corrected chi connectivity index (χ2v) is 6.20. The summed E-state index contributed by atoms with van der Waals surface area (Å²) < 4.78 is 0. The summed E-state index contributed by atoms with van der Waals surface area (Å²) in [6, 6.07) is 7.57. The largest absolute Gasteiger partial charge is 0.481 e. The highest BCUT2D eigenvalue weighted by Crippen LogP contribution is 2.43. The van der Waals surface area contributed by atoms with Gasteiger partial charge in [-0.05, 0) is 42.9 Å². The molecule has 1 saturated carbocycles. The lowest BCUT2D eigenvalue weighted by Crippen LogP contribution is -2.38. The molecule has 1 aromatic carbocycles. The van der Waals surface area contributed by atoms with Gasteiger partial charge in [0, 0.05) is 5.02 Å². The van der Waals surface area contributed by atoms with Gasteiger partial charge in [-0.1, -0.05) is 49.9 Å². The number of hydrogen-bond acceptors (Lipinski definition) is 1. The van der Waals surface area contributed by atoms with Crippen LogP contribution < -0.4 is 0 Å². The highest BCUT2D eigenvalue weighted by Gasteiger charge is 2.42. The number of carboxylic acids is 1. The van der Waals surface area contributed by atoms with E-state index in [4.69, 9.17) is 11.6 Å². The number of carbonyl (C=O) groups is 1. The molecule has 3 heteroatoms. The fourth-order valence-corrected chi connectivity index (χ4v) is 3.38. The van der Waals surface area contributed by atoms with Gasteiger partial charge in [0.05, 0.1) is 5.41 Å². The van der Waals surface area contributed by atoms with E-state index in [-0.39, 0.29) is 0 Å². The van der Waals surface area contributed by atoms with E-state index in [2.05, 4.69) is 6.92 Å². The molecule has 2 unspecified atom stereocenters. The summed E-state index contributed by atoms with van der Waals surface area (Å²) in [6.07, 6.45) is 5.50. The molecular weight excluding hydrogens is 260 g/mol. The fraction of sp³-hybridized carbons (Fsp3) is 0.562. The van der Waals surface area contributed by atoms with Crippen molar-refractivity contribution in [3.05, 3.63) is 34.9 Å². The molecule has 0 bridgehead atoms. The van der Waals surface area contributed by atoms with Gasteiger partial charge in [-0.15, -0.1) is 0 Å². The molecule has 0 radical (unpaired) electrons. The summed E-state index contributed by atoms with van der Waals surface area (Å²) in [6.45, 7) is 2.16. The van der Waals surface area contributed by atoms with Crippen molar-refractivity contribution in [2.45, 2.75) is 45.4 Å². The molecule has 1 aliphatic rings. The predicted octanol–water partition coefficient (Wildman–Crippen LogP) is 4.55. The summed E-state index contributed by atoms with van der Waals surface area (Å²) in [7, 11) is 0. The molecule has 0 saturated heterocycles. The van der Waals surface area contributed by atoms with Gasteiger partial charge in [-0.3, -0.25) is 4.79 Å². The van der Waals surface area contributed by atoms with Crippen LogP contribution in [0.4, 0.5) is 0 Å². The number of rotatable bonds is 4. The fourth-order valence-electron chi connectivity index (χ4n) is 3.26. The lowest BCUT2D eigenvalue weighted by atomic mass is 9.66. The Labute approximate surface area is 119 Å². The van der Waals surface area contributed by atoms with E-state index in [1.54, 1.807) is 0 Å². The molecule has 2 atom stereocenters. The monoisotopic (exact) mass is 280 g/mol. The Morgan fingerprint density at radius 2 is 2.11 bits per heavy atom. The maximum atomic E-state index is 11.8. The van der Waals surface area contributed by atoms with Gasteiger partial charge < -0.3 is 5.11 Å². The third-order valence-electron chi connectivity index (χ3n) is 4.43. The van der Waals surface area contributed by atoms with Gasteiger partial charge in [0.1, 0.15) is 0 Å².